The number of aliphatic hydroxyl groups excluding tert-OH is 1. The summed E-state index contributed by atoms with van der Waals surface area (Å²) in [5.74, 6) is -0.411. The molecule has 1 amide bonds. The Hall–Kier alpha value is -1.10. The monoisotopic (exact) mass is 256 g/mol. The number of benzene rings is 1. The number of hydrogen-bond donors (Lipinski definition) is 2. The Bertz CT molecular complexity index is 398. The molecule has 0 aromatic heterocycles. The third kappa shape index (κ3) is 4.00. The van der Waals surface area contributed by atoms with E-state index in [1.165, 1.54) is 0 Å². The topological polar surface area (TPSA) is 66.6 Å². The van der Waals surface area contributed by atoms with Gasteiger partial charge in [0.1, 0.15) is 0 Å². The number of primary amides is 1. The highest BCUT2D eigenvalue weighted by Gasteiger charge is 2.18. The lowest BCUT2D eigenvalue weighted by molar-refractivity contribution is -0.122. The lowest BCUT2D eigenvalue weighted by Gasteiger charge is -2.24. The van der Waals surface area contributed by atoms with Crippen LogP contribution in [-0.2, 0) is 4.79 Å². The molecule has 0 heterocycles. The maximum Gasteiger partial charge on any atom is 0.234 e. The first kappa shape index (κ1) is 14.0. The van der Waals surface area contributed by atoms with E-state index >= 15 is 0 Å². The van der Waals surface area contributed by atoms with Gasteiger partial charge in [-0.15, -0.1) is 0 Å². The molecule has 1 aromatic rings. The van der Waals surface area contributed by atoms with E-state index in [1.54, 1.807) is 43.1 Å². The van der Waals surface area contributed by atoms with Crippen LogP contribution in [0.4, 0.5) is 0 Å². The molecule has 0 aliphatic rings. The second-order valence-corrected chi connectivity index (χ2v) is 4.53. The molecule has 0 aliphatic carbocycles. The van der Waals surface area contributed by atoms with E-state index < -0.39 is 18.1 Å². The predicted octanol–water partition coefficient (Wildman–Crippen LogP) is 1.18. The van der Waals surface area contributed by atoms with Crippen LogP contribution in [0.1, 0.15) is 18.6 Å². The first-order chi connectivity index (χ1) is 7.91. The fourth-order valence-corrected chi connectivity index (χ4v) is 1.67. The Morgan fingerprint density at radius 1 is 1.59 bits per heavy atom. The lowest BCUT2D eigenvalue weighted by Crippen LogP contribution is -2.42. The molecular formula is C12H17ClN2O2. The summed E-state index contributed by atoms with van der Waals surface area (Å²) >= 11 is 5.84. The van der Waals surface area contributed by atoms with Crippen molar-refractivity contribution in [1.29, 1.82) is 0 Å². The number of carbonyl (C=O) groups excluding carboxylic acids is 1. The van der Waals surface area contributed by atoms with Crippen LogP contribution in [0.5, 0.6) is 0 Å². The molecule has 0 spiro atoms. The maximum absolute atomic E-state index is 11.0. The highest BCUT2D eigenvalue weighted by Crippen LogP contribution is 2.18. The van der Waals surface area contributed by atoms with Gasteiger partial charge in [-0.3, -0.25) is 9.69 Å². The minimum Gasteiger partial charge on any atom is -0.387 e. The van der Waals surface area contributed by atoms with Crippen LogP contribution >= 0.6 is 11.6 Å². The number of aliphatic hydroxyl groups is 1. The van der Waals surface area contributed by atoms with E-state index in [-0.39, 0.29) is 0 Å². The summed E-state index contributed by atoms with van der Waals surface area (Å²) in [6.45, 7) is 2.03. The summed E-state index contributed by atoms with van der Waals surface area (Å²) in [5.41, 5.74) is 5.92. The number of nitrogens with two attached hydrogens (primary N) is 1. The quantitative estimate of drug-likeness (QED) is 0.831. The smallest absolute Gasteiger partial charge is 0.234 e. The number of nitrogens with zero attached hydrogens (tertiary/aromatic N) is 1. The van der Waals surface area contributed by atoms with Gasteiger partial charge in [0, 0.05) is 11.6 Å². The van der Waals surface area contributed by atoms with Crippen molar-refractivity contribution in [1.82, 2.24) is 4.90 Å². The van der Waals surface area contributed by atoms with Crippen molar-refractivity contribution in [2.75, 3.05) is 13.6 Å². The van der Waals surface area contributed by atoms with E-state index in [0.717, 1.165) is 5.56 Å². The van der Waals surface area contributed by atoms with E-state index in [9.17, 15) is 9.90 Å². The summed E-state index contributed by atoms with van der Waals surface area (Å²) in [5, 5.41) is 10.6. The zero-order valence-corrected chi connectivity index (χ0v) is 10.7. The summed E-state index contributed by atoms with van der Waals surface area (Å²) in [7, 11) is 1.74. The fraction of sp³-hybridized carbons (Fsp3) is 0.417. The first-order valence-electron chi connectivity index (χ1n) is 5.35. The average molecular weight is 257 g/mol. The molecule has 4 nitrogen and oxygen atoms in total. The van der Waals surface area contributed by atoms with Crippen LogP contribution in [0.3, 0.4) is 0 Å². The molecule has 1 unspecified atom stereocenters. The Labute approximate surface area is 106 Å². The van der Waals surface area contributed by atoms with Crippen LogP contribution in [0.25, 0.3) is 0 Å². The third-order valence-corrected chi connectivity index (χ3v) is 3.00. The normalized spacial score (nSPS) is 14.6. The van der Waals surface area contributed by atoms with E-state index in [2.05, 4.69) is 0 Å². The van der Waals surface area contributed by atoms with Crippen LogP contribution < -0.4 is 5.73 Å². The molecule has 17 heavy (non-hydrogen) atoms. The van der Waals surface area contributed by atoms with E-state index in [1.807, 2.05) is 0 Å². The summed E-state index contributed by atoms with van der Waals surface area (Å²) in [4.78, 5) is 12.7. The Morgan fingerprint density at radius 2 is 2.24 bits per heavy atom. The van der Waals surface area contributed by atoms with Gasteiger partial charge < -0.3 is 10.8 Å². The van der Waals surface area contributed by atoms with Crippen molar-refractivity contribution in [2.24, 2.45) is 5.73 Å². The van der Waals surface area contributed by atoms with Crippen molar-refractivity contribution in [3.63, 3.8) is 0 Å². The second-order valence-electron chi connectivity index (χ2n) is 4.09. The predicted molar refractivity (Wildman–Crippen MR) is 67.7 cm³/mol. The van der Waals surface area contributed by atoms with Crippen molar-refractivity contribution < 1.29 is 9.90 Å². The zero-order chi connectivity index (χ0) is 13.0. The molecule has 0 fully saturated rings. The molecule has 0 saturated heterocycles. The van der Waals surface area contributed by atoms with Gasteiger partial charge in [0.15, 0.2) is 0 Å². The van der Waals surface area contributed by atoms with E-state index in [0.29, 0.717) is 11.6 Å². The third-order valence-electron chi connectivity index (χ3n) is 2.77. The number of amides is 1. The standard InChI is InChI=1S/C12H17ClN2O2/c1-8(12(14)17)15(2)7-11(16)9-4-3-5-10(13)6-9/h3-6,8,11,16H,7H2,1-2H3,(H2,14,17)/t8-,11?/m1/s1. The molecule has 1 rings (SSSR count). The maximum atomic E-state index is 11.0. The molecule has 0 aliphatic heterocycles. The molecule has 0 bridgehead atoms. The van der Waals surface area contributed by atoms with Gasteiger partial charge in [-0.1, -0.05) is 23.7 Å². The molecule has 0 saturated carbocycles. The highest BCUT2D eigenvalue weighted by atomic mass is 35.5. The number of rotatable bonds is 5. The Morgan fingerprint density at radius 3 is 2.76 bits per heavy atom. The van der Waals surface area contributed by atoms with Gasteiger partial charge in [-0.05, 0) is 31.7 Å². The number of likely N-dealkylation sites (N-methyl/N-ethyl adjacent to an activating group) is 1. The average Bonchev–Trinajstić information content (AvgIpc) is 2.27. The second kappa shape index (κ2) is 6.00. The molecule has 5 heteroatoms. The van der Waals surface area contributed by atoms with Crippen molar-refractivity contribution in [3.05, 3.63) is 34.9 Å². The van der Waals surface area contributed by atoms with Crippen molar-refractivity contribution in [3.8, 4) is 0 Å². The minimum atomic E-state index is -0.694. The molecule has 2 atom stereocenters. The molecule has 94 valence electrons. The van der Waals surface area contributed by atoms with Gasteiger partial charge in [0.05, 0.1) is 12.1 Å². The van der Waals surface area contributed by atoms with Crippen LogP contribution in [0, 0.1) is 0 Å². The van der Waals surface area contributed by atoms with Crippen LogP contribution in [0.2, 0.25) is 5.02 Å². The zero-order valence-electron chi connectivity index (χ0n) is 9.93. The molecule has 3 N–H and O–H groups in total. The largest absolute Gasteiger partial charge is 0.387 e. The number of carbonyl (C=O) groups is 1. The Kier molecular flexibility index (Phi) is 4.93. The SMILES string of the molecule is C[C@H](C(N)=O)N(C)CC(O)c1cccc(Cl)c1. The number of hydrogen-bond acceptors (Lipinski definition) is 3. The lowest BCUT2D eigenvalue weighted by atomic mass is 10.1. The minimum absolute atomic E-state index is 0.324. The summed E-state index contributed by atoms with van der Waals surface area (Å²) < 4.78 is 0. The van der Waals surface area contributed by atoms with Crippen LogP contribution in [0.15, 0.2) is 24.3 Å². The fourth-order valence-electron chi connectivity index (χ4n) is 1.47. The summed E-state index contributed by atoms with van der Waals surface area (Å²) in [6.07, 6.45) is -0.694. The Balaban J connectivity index is 2.66. The molecule has 1 aromatic carbocycles. The van der Waals surface area contributed by atoms with Gasteiger partial charge in [0.2, 0.25) is 5.91 Å². The van der Waals surface area contributed by atoms with E-state index in [4.69, 9.17) is 17.3 Å². The van der Waals surface area contributed by atoms with Gasteiger partial charge in [-0.25, -0.2) is 0 Å². The number of halogens is 1. The van der Waals surface area contributed by atoms with Crippen molar-refractivity contribution >= 4 is 17.5 Å². The van der Waals surface area contributed by atoms with Gasteiger partial charge >= 0.3 is 0 Å². The summed E-state index contributed by atoms with van der Waals surface area (Å²) in [6, 6.07) is 6.60. The highest BCUT2D eigenvalue weighted by molar-refractivity contribution is 6.30. The molecular weight excluding hydrogens is 240 g/mol. The van der Waals surface area contributed by atoms with Gasteiger partial charge in [0.25, 0.3) is 0 Å². The first-order valence-corrected chi connectivity index (χ1v) is 5.72. The van der Waals surface area contributed by atoms with Crippen molar-refractivity contribution in [2.45, 2.75) is 19.1 Å². The van der Waals surface area contributed by atoms with Gasteiger partial charge in [-0.2, -0.15) is 0 Å². The molecule has 0 radical (unpaired) electrons. The van der Waals surface area contributed by atoms with Crippen LogP contribution in [-0.4, -0.2) is 35.5 Å².